The summed E-state index contributed by atoms with van der Waals surface area (Å²) in [5, 5.41) is 20.0. The van der Waals surface area contributed by atoms with Crippen molar-refractivity contribution < 1.29 is 29.4 Å². The van der Waals surface area contributed by atoms with Crippen LogP contribution in [0.5, 0.6) is 0 Å². The molecule has 5 heteroatoms. The van der Waals surface area contributed by atoms with Gasteiger partial charge in [0.25, 0.3) is 0 Å². The molecule has 0 unspecified atom stereocenters. The van der Waals surface area contributed by atoms with Crippen molar-refractivity contribution >= 4 is 16.1 Å². The molecule has 0 saturated carbocycles. The molecule has 2 aliphatic rings. The summed E-state index contributed by atoms with van der Waals surface area (Å²) < 4.78 is 3.68. The average molecular weight is 384 g/mol. The zero-order valence-electron chi connectivity index (χ0n) is 16.0. The molecule has 2 nitrogen and oxygen atoms in total. The third-order valence-corrected chi connectivity index (χ3v) is 11.2. The fraction of sp³-hybridized carbons (Fsp3) is 0.556. The van der Waals surface area contributed by atoms with Gasteiger partial charge in [-0.3, -0.25) is 0 Å². The van der Waals surface area contributed by atoms with Gasteiger partial charge in [-0.05, 0) is 0 Å². The van der Waals surface area contributed by atoms with Crippen LogP contribution in [0.3, 0.4) is 0 Å². The van der Waals surface area contributed by atoms with Gasteiger partial charge in [0.2, 0.25) is 0 Å². The minimum absolute atomic E-state index is 0.0444. The van der Waals surface area contributed by atoms with Gasteiger partial charge in [0.1, 0.15) is 0 Å². The molecule has 0 aromatic rings. The summed E-state index contributed by atoms with van der Waals surface area (Å²) in [5.41, 5.74) is 0. The summed E-state index contributed by atoms with van der Waals surface area (Å²) in [4.78, 5) is 0. The third kappa shape index (κ3) is 6.81. The first kappa shape index (κ1) is 23.0. The summed E-state index contributed by atoms with van der Waals surface area (Å²) in [6, 6.07) is 0. The van der Waals surface area contributed by atoms with E-state index in [0.29, 0.717) is 0 Å². The van der Waals surface area contributed by atoms with Crippen LogP contribution in [0.1, 0.15) is 12.8 Å². The number of allylic oxidation sites excluding steroid dienone is 8. The predicted octanol–water partition coefficient (Wildman–Crippen LogP) is 3.20. The Labute approximate surface area is 154 Å². The van der Waals surface area contributed by atoms with Crippen LogP contribution in [0.15, 0.2) is 42.5 Å². The Bertz CT molecular complexity index is 458. The Kier molecular flexibility index (Phi) is 10.1. The number of hydrogen-bond acceptors (Lipinski definition) is 2. The van der Waals surface area contributed by atoms with E-state index in [1.165, 1.54) is 12.8 Å². The van der Waals surface area contributed by atoms with Crippen LogP contribution < -0.4 is 10.2 Å². The van der Waals surface area contributed by atoms with Gasteiger partial charge < -0.3 is 10.2 Å². The summed E-state index contributed by atoms with van der Waals surface area (Å²) >= 11 is -0.0444. The van der Waals surface area contributed by atoms with E-state index in [9.17, 15) is 0 Å². The second-order valence-corrected chi connectivity index (χ2v) is 20.0. The van der Waals surface area contributed by atoms with Crippen molar-refractivity contribution in [3.05, 3.63) is 42.5 Å². The quantitative estimate of drug-likeness (QED) is 0.699. The second-order valence-electron chi connectivity index (χ2n) is 7.62. The van der Waals surface area contributed by atoms with E-state index in [1.807, 2.05) is 7.76 Å². The average Bonchev–Trinajstić information content (AvgIpc) is 3.11. The monoisotopic (exact) mass is 384 g/mol. The molecule has 2 rings (SSSR count). The van der Waals surface area contributed by atoms with Crippen LogP contribution in [0.4, 0.5) is 0 Å². The molecule has 0 saturated heterocycles. The van der Waals surface area contributed by atoms with Gasteiger partial charge in [-0.25, -0.2) is 0 Å². The van der Waals surface area contributed by atoms with E-state index in [0.717, 1.165) is 14.2 Å². The molecule has 2 aliphatic carbocycles. The van der Waals surface area contributed by atoms with Crippen molar-refractivity contribution in [2.24, 2.45) is 0 Å². The van der Waals surface area contributed by atoms with Crippen molar-refractivity contribution in [3.63, 3.8) is 0 Å². The van der Waals surface area contributed by atoms with Gasteiger partial charge in [-0.1, -0.05) is 0 Å². The molecule has 0 fully saturated rings. The molecule has 0 atom stereocenters. The van der Waals surface area contributed by atoms with Gasteiger partial charge in [0, 0.05) is 0 Å². The van der Waals surface area contributed by atoms with Gasteiger partial charge in [-0.15, -0.1) is 0 Å². The van der Waals surface area contributed by atoms with E-state index in [4.69, 9.17) is 10.2 Å². The number of hydrogen-bond donors (Lipinski definition) is 0. The Balaban J connectivity index is 0.00000112. The van der Waals surface area contributed by atoms with Crippen molar-refractivity contribution in [3.8, 4) is 0 Å². The molecule has 0 aromatic heterocycles. The zero-order chi connectivity index (χ0) is 18.3. The van der Waals surface area contributed by atoms with Crippen LogP contribution >= 0.6 is 0 Å². The van der Waals surface area contributed by atoms with E-state index in [2.05, 4.69) is 63.6 Å². The molecule has 0 amide bonds. The van der Waals surface area contributed by atoms with Crippen molar-refractivity contribution in [2.75, 3.05) is 14.2 Å². The van der Waals surface area contributed by atoms with Gasteiger partial charge in [0.15, 0.2) is 0 Å². The maximum atomic E-state index is 8.25. The molecule has 0 radical (unpaired) electrons. The standard InChI is InChI=1S/2C8H13Si.2CH3O.Ti/c2*1-9(2,3)8-6-4-5-7-8;2*1-2;/h2*4,6H,5H2,1-3H3;2*1H3;/q;;2*-1;+2. The van der Waals surface area contributed by atoms with E-state index < -0.39 is 16.1 Å². The van der Waals surface area contributed by atoms with E-state index in [1.54, 1.807) is 10.4 Å². The topological polar surface area (TPSA) is 46.1 Å². The molecule has 0 N–H and O–H groups in total. The van der Waals surface area contributed by atoms with Crippen LogP contribution in [0.25, 0.3) is 0 Å². The Morgan fingerprint density at radius 1 is 0.696 bits per heavy atom. The van der Waals surface area contributed by atoms with E-state index >= 15 is 0 Å². The summed E-state index contributed by atoms with van der Waals surface area (Å²) in [6.07, 6.45) is 12.2. The molecule has 128 valence electrons. The summed E-state index contributed by atoms with van der Waals surface area (Å²) in [5.74, 6) is 0. The van der Waals surface area contributed by atoms with Gasteiger partial charge in [-0.2, -0.15) is 14.2 Å². The Hall–Kier alpha value is 0.0281. The Morgan fingerprint density at radius 2 is 1.00 bits per heavy atom. The SMILES string of the molecule is C[O-].C[O-].C[Si](C)(C)C1=[C]([Ti+2][C]2=C([Si](C)(C)C)C=CC2)CC=C1. The summed E-state index contributed by atoms with van der Waals surface area (Å²) in [7, 11) is -0.769. The molecule has 0 aliphatic heterocycles. The van der Waals surface area contributed by atoms with Crippen LogP contribution in [-0.2, 0) is 19.2 Å². The fourth-order valence-corrected chi connectivity index (χ4v) is 12.1. The Morgan fingerprint density at radius 3 is 1.26 bits per heavy atom. The van der Waals surface area contributed by atoms with Gasteiger partial charge in [0.05, 0.1) is 0 Å². The van der Waals surface area contributed by atoms with E-state index in [-0.39, 0.29) is 19.2 Å². The molecule has 0 bridgehead atoms. The zero-order valence-corrected chi connectivity index (χ0v) is 19.6. The van der Waals surface area contributed by atoms with Crippen LogP contribution in [0.2, 0.25) is 39.3 Å². The maximum absolute atomic E-state index is 8.25. The normalized spacial score (nSPS) is 16.8. The number of rotatable bonds is 4. The molecular weight excluding hydrogens is 352 g/mol. The molecule has 0 heterocycles. The van der Waals surface area contributed by atoms with Crippen molar-refractivity contribution in [1.29, 1.82) is 0 Å². The first-order chi connectivity index (χ1) is 10.7. The summed E-state index contributed by atoms with van der Waals surface area (Å²) in [6.45, 7) is 14.9. The molecule has 0 spiro atoms. The van der Waals surface area contributed by atoms with Crippen molar-refractivity contribution in [2.45, 2.75) is 52.1 Å². The molecule has 0 aromatic carbocycles. The van der Waals surface area contributed by atoms with Gasteiger partial charge >= 0.3 is 130 Å². The van der Waals surface area contributed by atoms with Crippen LogP contribution in [-0.4, -0.2) is 30.4 Å². The van der Waals surface area contributed by atoms with Crippen LogP contribution in [0, 0.1) is 0 Å². The molecular formula is C18H32O2Si2Ti. The fourth-order valence-electron chi connectivity index (χ4n) is 2.83. The second kappa shape index (κ2) is 10.1. The predicted molar refractivity (Wildman–Crippen MR) is 100 cm³/mol. The first-order valence-corrected chi connectivity index (χ1v) is 16.6. The first-order valence-electron chi connectivity index (χ1n) is 8.08. The minimum atomic E-state index is -1.13. The van der Waals surface area contributed by atoms with Crippen molar-refractivity contribution in [1.82, 2.24) is 0 Å². The third-order valence-electron chi connectivity index (χ3n) is 3.78. The molecule has 23 heavy (non-hydrogen) atoms.